The monoisotopic (exact) mass is 439 g/mol. The normalized spacial score (nSPS) is 15.7. The van der Waals surface area contributed by atoms with E-state index in [2.05, 4.69) is 39.3 Å². The van der Waals surface area contributed by atoms with E-state index in [1.807, 2.05) is 16.9 Å². The Balaban J connectivity index is 0.00000208. The van der Waals surface area contributed by atoms with E-state index in [0.29, 0.717) is 5.96 Å². The van der Waals surface area contributed by atoms with Crippen molar-refractivity contribution in [2.45, 2.75) is 32.1 Å². The van der Waals surface area contributed by atoms with Gasteiger partial charge in [-0.3, -0.25) is 4.99 Å². The molecule has 0 saturated carbocycles. The van der Waals surface area contributed by atoms with Gasteiger partial charge < -0.3 is 10.6 Å². The Morgan fingerprint density at radius 2 is 1.79 bits per heavy atom. The smallest absolute Gasteiger partial charge is 0.191 e. The molecule has 6 heteroatoms. The van der Waals surface area contributed by atoms with Crippen molar-refractivity contribution in [3.8, 4) is 5.69 Å². The molecule has 1 saturated heterocycles. The van der Waals surface area contributed by atoms with E-state index in [0.717, 1.165) is 31.7 Å². The van der Waals surface area contributed by atoms with E-state index < -0.39 is 0 Å². The number of rotatable bonds is 4. The largest absolute Gasteiger partial charge is 0.370 e. The lowest BCUT2D eigenvalue weighted by atomic mass is 10.1. The molecule has 24 heavy (non-hydrogen) atoms. The van der Waals surface area contributed by atoms with Crippen LogP contribution in [0.2, 0.25) is 0 Å². The topological polar surface area (TPSA) is 59.4 Å². The highest BCUT2D eigenvalue weighted by atomic mass is 127. The number of nitrogens with two attached hydrogens (primary N) is 1. The molecular formula is C18H26IN5. The van der Waals surface area contributed by atoms with Crippen molar-refractivity contribution in [1.82, 2.24) is 14.7 Å². The Kier molecular flexibility index (Phi) is 7.55. The molecule has 0 bridgehead atoms. The Morgan fingerprint density at radius 3 is 2.42 bits per heavy atom. The number of likely N-dealkylation sites (tertiary alicyclic amines) is 1. The maximum absolute atomic E-state index is 6.13. The third kappa shape index (κ3) is 5.22. The first-order chi connectivity index (χ1) is 11.3. The SMILES string of the molecule is I.NC(=NCCc1ccc(-n2cccn2)cc1)N1CCCCCC1. The average molecular weight is 439 g/mol. The molecule has 1 aromatic heterocycles. The fraction of sp³-hybridized carbons (Fsp3) is 0.444. The van der Waals surface area contributed by atoms with E-state index in [9.17, 15) is 0 Å². The van der Waals surface area contributed by atoms with Gasteiger partial charge in [0.2, 0.25) is 0 Å². The molecule has 130 valence electrons. The molecule has 2 aromatic rings. The molecule has 0 aliphatic carbocycles. The van der Waals surface area contributed by atoms with Gasteiger partial charge in [0.25, 0.3) is 0 Å². The van der Waals surface area contributed by atoms with Gasteiger partial charge in [-0.15, -0.1) is 24.0 Å². The second-order valence-electron chi connectivity index (χ2n) is 6.01. The van der Waals surface area contributed by atoms with Gasteiger partial charge >= 0.3 is 0 Å². The molecule has 1 fully saturated rings. The number of aromatic nitrogens is 2. The summed E-state index contributed by atoms with van der Waals surface area (Å²) in [6.45, 7) is 2.84. The Morgan fingerprint density at radius 1 is 1.08 bits per heavy atom. The van der Waals surface area contributed by atoms with Crippen LogP contribution in [0.25, 0.3) is 5.69 Å². The van der Waals surface area contributed by atoms with Crippen molar-refractivity contribution >= 4 is 29.9 Å². The summed E-state index contributed by atoms with van der Waals surface area (Å²) >= 11 is 0. The van der Waals surface area contributed by atoms with Crippen molar-refractivity contribution < 1.29 is 0 Å². The highest BCUT2D eigenvalue weighted by molar-refractivity contribution is 14.0. The van der Waals surface area contributed by atoms with Crippen LogP contribution < -0.4 is 5.73 Å². The van der Waals surface area contributed by atoms with Crippen LogP contribution >= 0.6 is 24.0 Å². The van der Waals surface area contributed by atoms with Gasteiger partial charge in [0.15, 0.2) is 5.96 Å². The highest BCUT2D eigenvalue weighted by Crippen LogP contribution is 2.10. The van der Waals surface area contributed by atoms with Gasteiger partial charge in [0.05, 0.1) is 5.69 Å². The zero-order valence-corrected chi connectivity index (χ0v) is 16.3. The van der Waals surface area contributed by atoms with Gasteiger partial charge in [0.1, 0.15) is 0 Å². The van der Waals surface area contributed by atoms with E-state index in [-0.39, 0.29) is 24.0 Å². The summed E-state index contributed by atoms with van der Waals surface area (Å²) in [7, 11) is 0. The number of halogens is 1. The highest BCUT2D eigenvalue weighted by Gasteiger charge is 2.10. The third-order valence-electron chi connectivity index (χ3n) is 4.31. The summed E-state index contributed by atoms with van der Waals surface area (Å²) in [5.41, 5.74) is 8.48. The Hall–Kier alpha value is -1.57. The van der Waals surface area contributed by atoms with Crippen LogP contribution in [0.1, 0.15) is 31.2 Å². The quantitative estimate of drug-likeness (QED) is 0.452. The van der Waals surface area contributed by atoms with Crippen molar-refractivity contribution in [3.05, 3.63) is 48.3 Å². The number of hydrogen-bond acceptors (Lipinski definition) is 2. The minimum Gasteiger partial charge on any atom is -0.370 e. The molecular weight excluding hydrogens is 413 g/mol. The van der Waals surface area contributed by atoms with E-state index in [1.54, 1.807) is 6.20 Å². The fourth-order valence-electron chi connectivity index (χ4n) is 2.94. The second-order valence-corrected chi connectivity index (χ2v) is 6.01. The number of nitrogens with zero attached hydrogens (tertiary/aromatic N) is 4. The lowest BCUT2D eigenvalue weighted by Crippen LogP contribution is -2.38. The molecule has 1 aliphatic heterocycles. The van der Waals surface area contributed by atoms with Crippen molar-refractivity contribution in [3.63, 3.8) is 0 Å². The Bertz CT molecular complexity index is 613. The lowest BCUT2D eigenvalue weighted by molar-refractivity contribution is 0.428. The van der Waals surface area contributed by atoms with Gasteiger partial charge in [-0.25, -0.2) is 4.68 Å². The lowest BCUT2D eigenvalue weighted by Gasteiger charge is -2.21. The predicted molar refractivity (Wildman–Crippen MR) is 109 cm³/mol. The van der Waals surface area contributed by atoms with Crippen LogP contribution in [-0.4, -0.2) is 40.3 Å². The maximum atomic E-state index is 6.13. The molecule has 3 rings (SSSR count). The summed E-state index contributed by atoms with van der Waals surface area (Å²) in [6.07, 6.45) is 9.72. The molecule has 2 heterocycles. The van der Waals surface area contributed by atoms with Crippen LogP contribution in [0.3, 0.4) is 0 Å². The molecule has 5 nitrogen and oxygen atoms in total. The summed E-state index contributed by atoms with van der Waals surface area (Å²) in [6, 6.07) is 10.4. The third-order valence-corrected chi connectivity index (χ3v) is 4.31. The summed E-state index contributed by atoms with van der Waals surface area (Å²) in [5.74, 6) is 0.708. The average Bonchev–Trinajstić information content (AvgIpc) is 2.97. The first-order valence-corrected chi connectivity index (χ1v) is 8.47. The van der Waals surface area contributed by atoms with Crippen molar-refractivity contribution in [2.75, 3.05) is 19.6 Å². The zero-order chi connectivity index (χ0) is 15.9. The van der Waals surface area contributed by atoms with E-state index >= 15 is 0 Å². The number of guanidine groups is 1. The van der Waals surface area contributed by atoms with Crippen LogP contribution in [0.4, 0.5) is 0 Å². The van der Waals surface area contributed by atoms with Crippen molar-refractivity contribution in [1.29, 1.82) is 0 Å². The first kappa shape index (κ1) is 18.8. The Labute approximate surface area is 161 Å². The van der Waals surface area contributed by atoms with Crippen LogP contribution in [0, 0.1) is 0 Å². The van der Waals surface area contributed by atoms with Gasteiger partial charge in [-0.1, -0.05) is 25.0 Å². The minimum atomic E-state index is 0. The maximum Gasteiger partial charge on any atom is 0.191 e. The number of hydrogen-bond donors (Lipinski definition) is 1. The zero-order valence-electron chi connectivity index (χ0n) is 14.0. The summed E-state index contributed by atoms with van der Waals surface area (Å²) in [5, 5.41) is 4.23. The summed E-state index contributed by atoms with van der Waals surface area (Å²) in [4.78, 5) is 6.79. The number of benzene rings is 1. The minimum absolute atomic E-state index is 0. The molecule has 0 unspecified atom stereocenters. The predicted octanol–water partition coefficient (Wildman–Crippen LogP) is 3.22. The molecule has 0 radical (unpaired) electrons. The molecule has 0 spiro atoms. The first-order valence-electron chi connectivity index (χ1n) is 8.47. The molecule has 1 aromatic carbocycles. The molecule has 1 aliphatic rings. The van der Waals surface area contributed by atoms with Crippen LogP contribution in [-0.2, 0) is 6.42 Å². The van der Waals surface area contributed by atoms with Crippen molar-refractivity contribution in [2.24, 2.45) is 10.7 Å². The standard InChI is InChI=1S/C18H25N5.HI/c19-18(22-13-3-1-2-4-14-22)20-12-10-16-6-8-17(9-7-16)23-15-5-11-21-23;/h5-9,11,15H,1-4,10,12-14H2,(H2,19,20);1H. The van der Waals surface area contributed by atoms with E-state index in [4.69, 9.17) is 5.73 Å². The number of aliphatic imine (C=N–C) groups is 1. The van der Waals surface area contributed by atoms with Gasteiger partial charge in [-0.2, -0.15) is 5.10 Å². The van der Waals surface area contributed by atoms with Gasteiger partial charge in [-0.05, 0) is 43.0 Å². The van der Waals surface area contributed by atoms with E-state index in [1.165, 1.54) is 31.2 Å². The van der Waals surface area contributed by atoms with Gasteiger partial charge in [0, 0.05) is 32.0 Å². The van der Waals surface area contributed by atoms with Crippen LogP contribution in [0.5, 0.6) is 0 Å². The molecule has 0 atom stereocenters. The molecule has 0 amide bonds. The van der Waals surface area contributed by atoms with Crippen LogP contribution in [0.15, 0.2) is 47.7 Å². The fourth-order valence-corrected chi connectivity index (χ4v) is 2.94. The molecule has 2 N–H and O–H groups in total. The second kappa shape index (κ2) is 9.66. The summed E-state index contributed by atoms with van der Waals surface area (Å²) < 4.78 is 1.86.